The van der Waals surface area contributed by atoms with Gasteiger partial charge in [0.05, 0.1) is 13.5 Å². The molecule has 114 valence electrons. The Balaban J connectivity index is 1.83. The van der Waals surface area contributed by atoms with Gasteiger partial charge in [-0.3, -0.25) is 4.79 Å². The molecule has 0 bridgehead atoms. The quantitative estimate of drug-likeness (QED) is 0.944. The Morgan fingerprint density at radius 2 is 2.09 bits per heavy atom. The predicted molar refractivity (Wildman–Crippen MR) is 87.2 cm³/mol. The third-order valence-corrected chi connectivity index (χ3v) is 3.97. The first-order valence-corrected chi connectivity index (χ1v) is 7.44. The zero-order chi connectivity index (χ0) is 15.5. The molecule has 0 spiro atoms. The molecule has 1 unspecified atom stereocenters. The van der Waals surface area contributed by atoms with E-state index in [1.807, 2.05) is 53.4 Å². The summed E-state index contributed by atoms with van der Waals surface area (Å²) in [6, 6.07) is 15.6. The number of hydrogen-bond donors (Lipinski definition) is 1. The number of nitrogens with two attached hydrogens (primary N) is 1. The first-order chi connectivity index (χ1) is 10.7. The first-order valence-electron chi connectivity index (χ1n) is 7.44. The van der Waals surface area contributed by atoms with Crippen LogP contribution >= 0.6 is 0 Å². The number of amides is 1. The Labute approximate surface area is 130 Å². The summed E-state index contributed by atoms with van der Waals surface area (Å²) in [6.45, 7) is 0.569. The van der Waals surface area contributed by atoms with Gasteiger partial charge in [-0.15, -0.1) is 0 Å². The molecule has 2 N–H and O–H groups in total. The fourth-order valence-electron chi connectivity index (χ4n) is 2.92. The lowest BCUT2D eigenvalue weighted by atomic mass is 9.97. The molecule has 2 aromatic carbocycles. The fraction of sp³-hybridized carbons (Fsp3) is 0.278. The summed E-state index contributed by atoms with van der Waals surface area (Å²) in [4.78, 5) is 14.5. The topological polar surface area (TPSA) is 55.6 Å². The van der Waals surface area contributed by atoms with Crippen molar-refractivity contribution in [3.63, 3.8) is 0 Å². The van der Waals surface area contributed by atoms with E-state index < -0.39 is 0 Å². The van der Waals surface area contributed by atoms with Gasteiger partial charge in [0.25, 0.3) is 0 Å². The van der Waals surface area contributed by atoms with E-state index >= 15 is 0 Å². The van der Waals surface area contributed by atoms with Crippen LogP contribution in [0.1, 0.15) is 11.1 Å². The van der Waals surface area contributed by atoms with Gasteiger partial charge in [0.1, 0.15) is 5.75 Å². The molecule has 0 aromatic heterocycles. The maximum Gasteiger partial charge on any atom is 0.231 e. The monoisotopic (exact) mass is 296 g/mol. The lowest BCUT2D eigenvalue weighted by Crippen LogP contribution is -2.46. The Hall–Kier alpha value is -2.33. The predicted octanol–water partition coefficient (Wildman–Crippen LogP) is 2.15. The van der Waals surface area contributed by atoms with Crippen LogP contribution in [0.15, 0.2) is 48.5 Å². The minimum absolute atomic E-state index is 0.0100. The number of rotatable bonds is 3. The summed E-state index contributed by atoms with van der Waals surface area (Å²) in [5.41, 5.74) is 9.17. The van der Waals surface area contributed by atoms with Crippen molar-refractivity contribution in [3.05, 3.63) is 59.7 Å². The zero-order valence-corrected chi connectivity index (χ0v) is 12.7. The van der Waals surface area contributed by atoms with Gasteiger partial charge in [0, 0.05) is 18.3 Å². The number of anilines is 1. The number of nitrogens with zero attached hydrogens (tertiary/aromatic N) is 1. The lowest BCUT2D eigenvalue weighted by molar-refractivity contribution is -0.118. The highest BCUT2D eigenvalue weighted by Gasteiger charge is 2.26. The molecule has 1 aliphatic heterocycles. The van der Waals surface area contributed by atoms with E-state index in [9.17, 15) is 4.79 Å². The molecule has 0 fully saturated rings. The van der Waals surface area contributed by atoms with Crippen molar-refractivity contribution in [3.8, 4) is 5.75 Å². The van der Waals surface area contributed by atoms with Gasteiger partial charge >= 0.3 is 0 Å². The van der Waals surface area contributed by atoms with Gasteiger partial charge in [-0.05, 0) is 35.7 Å². The van der Waals surface area contributed by atoms with Crippen LogP contribution in [0.2, 0.25) is 0 Å². The molecule has 22 heavy (non-hydrogen) atoms. The molecular formula is C18H20N2O2. The van der Waals surface area contributed by atoms with Crippen molar-refractivity contribution >= 4 is 11.6 Å². The number of carbonyl (C=O) groups excluding carboxylic acids is 1. The van der Waals surface area contributed by atoms with E-state index in [0.717, 1.165) is 29.0 Å². The van der Waals surface area contributed by atoms with Crippen molar-refractivity contribution in [2.45, 2.75) is 18.9 Å². The van der Waals surface area contributed by atoms with Gasteiger partial charge in [0.15, 0.2) is 0 Å². The number of methoxy groups -OCH3 is 1. The summed E-state index contributed by atoms with van der Waals surface area (Å²) in [5, 5.41) is 0. The highest BCUT2D eigenvalue weighted by molar-refractivity contribution is 5.96. The van der Waals surface area contributed by atoms with E-state index in [1.165, 1.54) is 0 Å². The Kier molecular flexibility index (Phi) is 4.11. The molecule has 1 amide bonds. The number of fused-ring (bicyclic) bond motifs is 1. The van der Waals surface area contributed by atoms with E-state index in [1.54, 1.807) is 7.11 Å². The standard InChI is InChI=1S/C18H20N2O2/c1-22-16-7-4-5-13(9-16)10-18(21)20-12-15(19)11-14-6-2-3-8-17(14)20/h2-9,15H,10-12,19H2,1H3. The molecule has 1 aliphatic rings. The number of carbonyl (C=O) groups is 1. The molecule has 0 aliphatic carbocycles. The molecule has 0 radical (unpaired) electrons. The molecular weight excluding hydrogens is 276 g/mol. The normalized spacial score (nSPS) is 17.0. The van der Waals surface area contributed by atoms with Crippen molar-refractivity contribution in [1.29, 1.82) is 0 Å². The van der Waals surface area contributed by atoms with Gasteiger partial charge in [-0.2, -0.15) is 0 Å². The number of para-hydroxylation sites is 1. The van der Waals surface area contributed by atoms with Crippen molar-refractivity contribution in [2.75, 3.05) is 18.6 Å². The molecule has 4 nitrogen and oxygen atoms in total. The van der Waals surface area contributed by atoms with Gasteiger partial charge in [0.2, 0.25) is 5.91 Å². The second-order valence-corrected chi connectivity index (χ2v) is 5.63. The molecule has 1 heterocycles. The minimum atomic E-state index is -0.0100. The minimum Gasteiger partial charge on any atom is -0.497 e. The molecule has 0 saturated heterocycles. The summed E-state index contributed by atoms with van der Waals surface area (Å²) < 4.78 is 5.21. The highest BCUT2D eigenvalue weighted by Crippen LogP contribution is 2.27. The van der Waals surface area contributed by atoms with E-state index in [0.29, 0.717) is 13.0 Å². The summed E-state index contributed by atoms with van der Waals surface area (Å²) in [6.07, 6.45) is 1.16. The lowest BCUT2D eigenvalue weighted by Gasteiger charge is -2.33. The van der Waals surface area contributed by atoms with Gasteiger partial charge < -0.3 is 15.4 Å². The molecule has 3 rings (SSSR count). The Morgan fingerprint density at radius 1 is 1.27 bits per heavy atom. The summed E-state index contributed by atoms with van der Waals surface area (Å²) in [5.74, 6) is 0.830. The highest BCUT2D eigenvalue weighted by atomic mass is 16.5. The van der Waals surface area contributed by atoms with E-state index in [2.05, 4.69) is 0 Å². The number of benzene rings is 2. The van der Waals surface area contributed by atoms with Crippen LogP contribution in [0.5, 0.6) is 5.75 Å². The van der Waals surface area contributed by atoms with Crippen LogP contribution in [0, 0.1) is 0 Å². The molecule has 4 heteroatoms. The van der Waals surface area contributed by atoms with Crippen LogP contribution in [0.3, 0.4) is 0 Å². The average Bonchev–Trinajstić information content (AvgIpc) is 2.54. The summed E-state index contributed by atoms with van der Waals surface area (Å²) in [7, 11) is 1.63. The number of ether oxygens (including phenoxy) is 1. The third-order valence-electron chi connectivity index (χ3n) is 3.97. The summed E-state index contributed by atoms with van der Waals surface area (Å²) >= 11 is 0. The molecule has 0 saturated carbocycles. The SMILES string of the molecule is COc1cccc(CC(=O)N2CC(N)Cc3ccccc32)c1. The fourth-order valence-corrected chi connectivity index (χ4v) is 2.92. The van der Waals surface area contributed by atoms with Gasteiger partial charge in [-0.25, -0.2) is 0 Å². The first kappa shape index (κ1) is 14.6. The van der Waals surface area contributed by atoms with Crippen LogP contribution in [0.25, 0.3) is 0 Å². The van der Waals surface area contributed by atoms with Crippen LogP contribution in [0.4, 0.5) is 5.69 Å². The van der Waals surface area contributed by atoms with Gasteiger partial charge in [-0.1, -0.05) is 30.3 Å². The maximum atomic E-state index is 12.7. The molecule has 2 aromatic rings. The smallest absolute Gasteiger partial charge is 0.231 e. The second-order valence-electron chi connectivity index (χ2n) is 5.63. The Morgan fingerprint density at radius 3 is 2.91 bits per heavy atom. The maximum absolute atomic E-state index is 12.7. The van der Waals surface area contributed by atoms with Crippen molar-refractivity contribution in [2.24, 2.45) is 5.73 Å². The number of hydrogen-bond acceptors (Lipinski definition) is 3. The van der Waals surface area contributed by atoms with Crippen LogP contribution < -0.4 is 15.4 Å². The van der Waals surface area contributed by atoms with Crippen molar-refractivity contribution < 1.29 is 9.53 Å². The third kappa shape index (κ3) is 2.97. The van der Waals surface area contributed by atoms with Crippen LogP contribution in [-0.4, -0.2) is 25.6 Å². The largest absolute Gasteiger partial charge is 0.497 e. The van der Waals surface area contributed by atoms with Crippen molar-refractivity contribution in [1.82, 2.24) is 0 Å². The van der Waals surface area contributed by atoms with E-state index in [4.69, 9.17) is 10.5 Å². The average molecular weight is 296 g/mol. The van der Waals surface area contributed by atoms with E-state index in [-0.39, 0.29) is 11.9 Å². The Bertz CT molecular complexity index is 684. The second kappa shape index (κ2) is 6.20. The zero-order valence-electron chi connectivity index (χ0n) is 12.7. The molecule has 1 atom stereocenters. The van der Waals surface area contributed by atoms with Crippen LogP contribution in [-0.2, 0) is 17.6 Å².